The van der Waals surface area contributed by atoms with Crippen LogP contribution in [-0.2, 0) is 17.2 Å². The van der Waals surface area contributed by atoms with Gasteiger partial charge in [-0.1, -0.05) is 64.1 Å². The molecule has 0 saturated carbocycles. The zero-order chi connectivity index (χ0) is 23.6. The first-order valence-electron chi connectivity index (χ1n) is 10.9. The molecule has 0 bridgehead atoms. The molecule has 0 radical (unpaired) electrons. The summed E-state index contributed by atoms with van der Waals surface area (Å²) in [5.74, 6) is 0.612. The summed E-state index contributed by atoms with van der Waals surface area (Å²) in [4.78, 5) is 4.00. The summed E-state index contributed by atoms with van der Waals surface area (Å²) in [5.41, 5.74) is 0.712. The van der Waals surface area contributed by atoms with Gasteiger partial charge in [0.05, 0.1) is 31.0 Å². The maximum Gasteiger partial charge on any atom is 1.00 e. The number of aliphatic hydroxyl groups is 3. The summed E-state index contributed by atoms with van der Waals surface area (Å²) in [5, 5.41) is 27.7. The van der Waals surface area contributed by atoms with Gasteiger partial charge in [0.25, 0.3) is 0 Å². The van der Waals surface area contributed by atoms with Crippen molar-refractivity contribution in [2.75, 3.05) is 13.2 Å². The molecule has 0 unspecified atom stereocenters. The maximum absolute atomic E-state index is 9.97. The second-order valence-electron chi connectivity index (χ2n) is 7.49. The van der Waals surface area contributed by atoms with E-state index >= 15 is 0 Å². The molecule has 0 saturated heterocycles. The number of ether oxygens (including phenoxy) is 1. The molecule has 0 aliphatic rings. The summed E-state index contributed by atoms with van der Waals surface area (Å²) in [6.45, 7) is 8.43. The van der Waals surface area contributed by atoms with Crippen LogP contribution in [-0.4, -0.2) is 44.7 Å². The van der Waals surface area contributed by atoms with Crippen molar-refractivity contribution in [2.24, 2.45) is 0 Å². The molecule has 1 aromatic heterocycles. The molecule has 0 fully saturated rings. The third-order valence-corrected chi connectivity index (χ3v) is 5.59. The van der Waals surface area contributed by atoms with Gasteiger partial charge < -0.3 is 21.5 Å². The van der Waals surface area contributed by atoms with Crippen molar-refractivity contribution in [3.63, 3.8) is 0 Å². The number of benzene rings is 1. The van der Waals surface area contributed by atoms with Crippen LogP contribution >= 0.6 is 11.6 Å². The van der Waals surface area contributed by atoms with Crippen LogP contribution in [0, 0.1) is 0 Å². The molecule has 0 spiro atoms. The van der Waals surface area contributed by atoms with Gasteiger partial charge in [-0.25, -0.2) is 0 Å². The number of alkyl halides is 1. The Morgan fingerprint density at radius 1 is 0.875 bits per heavy atom. The maximum atomic E-state index is 9.97. The minimum Gasteiger partial charge on any atom is -1.00 e. The molecule has 7 heteroatoms. The van der Waals surface area contributed by atoms with Crippen LogP contribution < -0.4 is 29.6 Å². The molecular weight excluding hydrogens is 437 g/mol. The summed E-state index contributed by atoms with van der Waals surface area (Å²) in [6, 6.07) is 13.8. The molecule has 1 aromatic carbocycles. The fourth-order valence-electron chi connectivity index (χ4n) is 2.34. The van der Waals surface area contributed by atoms with Gasteiger partial charge in [-0.3, -0.25) is 4.98 Å². The quantitative estimate of drug-likeness (QED) is 0.361. The van der Waals surface area contributed by atoms with E-state index in [1.54, 1.807) is 12.4 Å². The topological polar surface area (TPSA) is 82.8 Å². The first-order valence-corrected chi connectivity index (χ1v) is 11.5. The molecule has 1 heterocycles. The average molecular weight is 478 g/mol. The molecule has 178 valence electrons. The van der Waals surface area contributed by atoms with Crippen molar-refractivity contribution >= 4 is 11.6 Å². The van der Waals surface area contributed by atoms with Crippen molar-refractivity contribution in [3.05, 3.63) is 66.0 Å². The number of nitrogens with zero attached hydrogens (tertiary/aromatic N) is 1. The van der Waals surface area contributed by atoms with E-state index in [2.05, 4.69) is 4.98 Å². The zero-order valence-corrected chi connectivity index (χ0v) is 23.2. The molecule has 0 aliphatic heterocycles. The van der Waals surface area contributed by atoms with E-state index in [4.69, 9.17) is 21.4 Å². The van der Waals surface area contributed by atoms with Gasteiger partial charge in [0.15, 0.2) is 0 Å². The monoisotopic (exact) mass is 477 g/mol. The largest absolute Gasteiger partial charge is 1.00 e. The molecule has 5 nitrogen and oxygen atoms in total. The molecule has 0 amide bonds. The van der Waals surface area contributed by atoms with Crippen molar-refractivity contribution < 1.29 is 51.0 Å². The van der Waals surface area contributed by atoms with Crippen molar-refractivity contribution in [1.82, 2.24) is 4.98 Å². The van der Waals surface area contributed by atoms with Crippen LogP contribution in [0.15, 0.2) is 54.9 Å². The second kappa shape index (κ2) is 19.9. The third-order valence-electron chi connectivity index (χ3n) is 5.29. The van der Waals surface area contributed by atoms with E-state index in [1.165, 1.54) is 5.56 Å². The number of rotatable bonds is 10. The van der Waals surface area contributed by atoms with Crippen LogP contribution in [0.2, 0.25) is 0 Å². The summed E-state index contributed by atoms with van der Waals surface area (Å²) in [6.07, 6.45) is 6.20. The van der Waals surface area contributed by atoms with Crippen LogP contribution in [0.5, 0.6) is 0 Å². The van der Waals surface area contributed by atoms with E-state index < -0.39 is 11.2 Å². The van der Waals surface area contributed by atoms with Crippen LogP contribution in [0.1, 0.15) is 65.9 Å². The standard InChI is InChI=1S/C12H19NO2.C7H7Cl.C6H14O2.Na.H/c1-3-12(14,4-2)10-15-9-11-6-5-7-13-8-11;8-6-7-4-2-1-3-5-7;1-3-6(8,4-2)5-7;;/h5-8,14H,3-4,9-10H2,1-2H3;1-5H,6H2;7-8H,3-5H2,1-2H3;;/q;;;+1;-1. The Kier molecular flexibility index (Phi) is 21.0. The SMILES string of the molecule is CCC(O)(CC)CO.CCC(O)(CC)COCc1cccnc1.ClCc1ccccc1.[H-].[Na+]. The Bertz CT molecular complexity index is 652. The van der Waals surface area contributed by atoms with E-state index in [-0.39, 0.29) is 37.6 Å². The Morgan fingerprint density at radius 3 is 1.75 bits per heavy atom. The van der Waals surface area contributed by atoms with Crippen molar-refractivity contribution in [3.8, 4) is 0 Å². The summed E-state index contributed by atoms with van der Waals surface area (Å²) < 4.78 is 5.48. The van der Waals surface area contributed by atoms with Gasteiger partial charge in [0.2, 0.25) is 0 Å². The summed E-state index contributed by atoms with van der Waals surface area (Å²) >= 11 is 5.53. The number of aliphatic hydroxyl groups excluding tert-OH is 1. The Balaban J connectivity index is -0.000000430. The van der Waals surface area contributed by atoms with E-state index in [0.29, 0.717) is 31.9 Å². The number of hydrogen-bond acceptors (Lipinski definition) is 5. The van der Waals surface area contributed by atoms with E-state index in [0.717, 1.165) is 18.4 Å². The molecular formula is C25H41ClNNaO4. The second-order valence-corrected chi connectivity index (χ2v) is 7.76. The molecule has 0 atom stereocenters. The number of pyridine rings is 1. The minimum absolute atomic E-state index is 0. The van der Waals surface area contributed by atoms with Gasteiger partial charge in [0.1, 0.15) is 0 Å². The number of aromatic nitrogens is 1. The number of halogens is 1. The van der Waals surface area contributed by atoms with Gasteiger partial charge in [-0.2, -0.15) is 0 Å². The zero-order valence-electron chi connectivity index (χ0n) is 21.4. The van der Waals surface area contributed by atoms with Gasteiger partial charge in [0, 0.05) is 18.3 Å². The van der Waals surface area contributed by atoms with Crippen LogP contribution in [0.4, 0.5) is 0 Å². The molecule has 3 N–H and O–H groups in total. The Labute approximate surface area is 223 Å². The molecule has 32 heavy (non-hydrogen) atoms. The molecule has 0 aliphatic carbocycles. The van der Waals surface area contributed by atoms with Gasteiger partial charge >= 0.3 is 29.6 Å². The molecule has 2 aromatic rings. The van der Waals surface area contributed by atoms with Gasteiger partial charge in [-0.15, -0.1) is 11.6 Å². The van der Waals surface area contributed by atoms with Crippen LogP contribution in [0.25, 0.3) is 0 Å². The van der Waals surface area contributed by atoms with E-state index in [9.17, 15) is 10.2 Å². The first kappa shape index (κ1) is 33.7. The van der Waals surface area contributed by atoms with Crippen molar-refractivity contribution in [2.45, 2.75) is 77.1 Å². The predicted octanol–water partition coefficient (Wildman–Crippen LogP) is 2.22. The van der Waals surface area contributed by atoms with E-state index in [1.807, 2.05) is 70.2 Å². The predicted molar refractivity (Wildman–Crippen MR) is 129 cm³/mol. The van der Waals surface area contributed by atoms with Crippen LogP contribution in [0.3, 0.4) is 0 Å². The number of hydrogen-bond donors (Lipinski definition) is 3. The third kappa shape index (κ3) is 15.4. The smallest absolute Gasteiger partial charge is 1.00 e. The van der Waals surface area contributed by atoms with Gasteiger partial charge in [-0.05, 0) is 42.9 Å². The normalized spacial score (nSPS) is 10.8. The van der Waals surface area contributed by atoms with Crippen molar-refractivity contribution in [1.29, 1.82) is 0 Å². The summed E-state index contributed by atoms with van der Waals surface area (Å²) in [7, 11) is 0. The average Bonchev–Trinajstić information content (AvgIpc) is 2.85. The Morgan fingerprint density at radius 2 is 1.41 bits per heavy atom. The first-order chi connectivity index (χ1) is 14.8. The fraction of sp³-hybridized carbons (Fsp3) is 0.560. The fourth-order valence-corrected chi connectivity index (χ4v) is 2.52. The Hall–Kier alpha value is -0.500. The molecule has 2 rings (SSSR count). The minimum atomic E-state index is -0.819.